The molecule has 0 aliphatic heterocycles. The minimum atomic E-state index is -1.15. The smallest absolute Gasteiger partial charge is 0.358 e. The Morgan fingerprint density at radius 3 is 2.59 bits per heavy atom. The Morgan fingerprint density at radius 2 is 2.00 bits per heavy atom. The number of aromatic nitrogens is 3. The first-order chi connectivity index (χ1) is 10.5. The van der Waals surface area contributed by atoms with Crippen LogP contribution >= 0.6 is 0 Å². The van der Waals surface area contributed by atoms with Gasteiger partial charge in [-0.3, -0.25) is 4.79 Å². The van der Waals surface area contributed by atoms with E-state index in [1.807, 2.05) is 0 Å². The van der Waals surface area contributed by atoms with Crippen molar-refractivity contribution in [2.24, 2.45) is 0 Å². The molecule has 3 rings (SSSR count). The number of carboxylic acid groups (broad SMARTS) is 1. The Bertz CT molecular complexity index is 722. The summed E-state index contributed by atoms with van der Waals surface area (Å²) in [5.74, 6) is -1.82. The molecule has 1 aliphatic carbocycles. The van der Waals surface area contributed by atoms with Gasteiger partial charge in [-0.15, -0.1) is 5.10 Å². The third-order valence-electron chi connectivity index (χ3n) is 3.36. The molecule has 1 aliphatic rings. The van der Waals surface area contributed by atoms with Gasteiger partial charge < -0.3 is 10.4 Å². The fraction of sp³-hybridized carbons (Fsp3) is 0.286. The van der Waals surface area contributed by atoms with E-state index >= 15 is 0 Å². The number of amides is 1. The minimum Gasteiger partial charge on any atom is -0.476 e. The molecule has 1 aromatic heterocycles. The molecule has 1 aromatic carbocycles. The van der Waals surface area contributed by atoms with Crippen molar-refractivity contribution in [2.75, 3.05) is 5.32 Å². The van der Waals surface area contributed by atoms with Crippen LogP contribution in [0.15, 0.2) is 24.3 Å². The van der Waals surface area contributed by atoms with Crippen LogP contribution in [0.4, 0.5) is 10.1 Å². The van der Waals surface area contributed by atoms with Gasteiger partial charge in [0.05, 0.1) is 5.69 Å². The van der Waals surface area contributed by atoms with Gasteiger partial charge in [0, 0.05) is 11.6 Å². The zero-order valence-corrected chi connectivity index (χ0v) is 11.5. The molecule has 8 heteroatoms. The fourth-order valence-corrected chi connectivity index (χ4v) is 2.22. The molecule has 2 N–H and O–H groups in total. The van der Waals surface area contributed by atoms with Crippen molar-refractivity contribution in [3.63, 3.8) is 0 Å². The molecule has 1 saturated carbocycles. The highest BCUT2D eigenvalue weighted by molar-refractivity contribution is 5.91. The maximum atomic E-state index is 12.8. The SMILES string of the molecule is O=C(Cn1nnc(C(=O)O)c1C1CC1)Nc1ccc(F)cc1. The van der Waals surface area contributed by atoms with Crippen LogP contribution in [0.1, 0.15) is 34.9 Å². The van der Waals surface area contributed by atoms with E-state index in [0.717, 1.165) is 12.8 Å². The molecule has 0 unspecified atom stereocenters. The molecule has 2 aromatic rings. The Kier molecular flexibility index (Phi) is 3.58. The van der Waals surface area contributed by atoms with Gasteiger partial charge in [0.15, 0.2) is 5.69 Å². The van der Waals surface area contributed by atoms with Crippen LogP contribution in [0.3, 0.4) is 0 Å². The number of anilines is 1. The number of benzene rings is 1. The molecule has 1 amide bonds. The third kappa shape index (κ3) is 2.95. The lowest BCUT2D eigenvalue weighted by atomic mass is 10.2. The van der Waals surface area contributed by atoms with Gasteiger partial charge in [0.25, 0.3) is 0 Å². The average molecular weight is 304 g/mol. The van der Waals surface area contributed by atoms with Crippen LogP contribution in [0.2, 0.25) is 0 Å². The molecule has 22 heavy (non-hydrogen) atoms. The van der Waals surface area contributed by atoms with Gasteiger partial charge in [-0.1, -0.05) is 5.21 Å². The lowest BCUT2D eigenvalue weighted by Gasteiger charge is -2.07. The zero-order chi connectivity index (χ0) is 15.7. The van der Waals surface area contributed by atoms with Crippen molar-refractivity contribution >= 4 is 17.6 Å². The second-order valence-electron chi connectivity index (χ2n) is 5.12. The summed E-state index contributed by atoms with van der Waals surface area (Å²) in [6.07, 6.45) is 1.74. The maximum absolute atomic E-state index is 12.8. The van der Waals surface area contributed by atoms with E-state index in [4.69, 9.17) is 5.11 Å². The third-order valence-corrected chi connectivity index (χ3v) is 3.36. The highest BCUT2D eigenvalue weighted by Gasteiger charge is 2.34. The van der Waals surface area contributed by atoms with Gasteiger partial charge >= 0.3 is 5.97 Å². The Labute approximate surface area is 124 Å². The molecule has 0 saturated heterocycles. The average Bonchev–Trinajstić information content (AvgIpc) is 3.22. The molecule has 0 atom stereocenters. The van der Waals surface area contributed by atoms with E-state index in [1.54, 1.807) is 0 Å². The summed E-state index contributed by atoms with van der Waals surface area (Å²) in [6, 6.07) is 5.37. The number of carbonyl (C=O) groups is 2. The second-order valence-corrected chi connectivity index (χ2v) is 5.12. The summed E-state index contributed by atoms with van der Waals surface area (Å²) in [4.78, 5) is 23.1. The van der Waals surface area contributed by atoms with E-state index in [-0.39, 0.29) is 24.1 Å². The molecule has 1 heterocycles. The Morgan fingerprint density at radius 1 is 1.32 bits per heavy atom. The summed E-state index contributed by atoms with van der Waals surface area (Å²) in [5, 5.41) is 19.1. The monoisotopic (exact) mass is 304 g/mol. The molecule has 114 valence electrons. The number of hydrogen-bond donors (Lipinski definition) is 2. The van der Waals surface area contributed by atoms with Gasteiger partial charge in [0.2, 0.25) is 5.91 Å². The maximum Gasteiger partial charge on any atom is 0.358 e. The number of rotatable bonds is 5. The fourth-order valence-electron chi connectivity index (χ4n) is 2.22. The van der Waals surface area contributed by atoms with Crippen molar-refractivity contribution in [1.29, 1.82) is 0 Å². The molecule has 7 nitrogen and oxygen atoms in total. The number of carboxylic acids is 1. The van der Waals surface area contributed by atoms with Gasteiger partial charge in [-0.25, -0.2) is 13.9 Å². The van der Waals surface area contributed by atoms with Gasteiger partial charge in [0.1, 0.15) is 12.4 Å². The van der Waals surface area contributed by atoms with E-state index in [1.165, 1.54) is 28.9 Å². The highest BCUT2D eigenvalue weighted by Crippen LogP contribution is 2.41. The normalized spacial score (nSPS) is 13.9. The van der Waals surface area contributed by atoms with Crippen LogP contribution in [-0.2, 0) is 11.3 Å². The van der Waals surface area contributed by atoms with Crippen LogP contribution in [0.5, 0.6) is 0 Å². The van der Waals surface area contributed by atoms with Crippen molar-refractivity contribution in [1.82, 2.24) is 15.0 Å². The largest absolute Gasteiger partial charge is 0.476 e. The number of hydrogen-bond acceptors (Lipinski definition) is 4. The van der Waals surface area contributed by atoms with Crippen molar-refractivity contribution < 1.29 is 19.1 Å². The lowest BCUT2D eigenvalue weighted by Crippen LogP contribution is -2.21. The minimum absolute atomic E-state index is 0.0970. The molecule has 0 bridgehead atoms. The number of aromatic carboxylic acids is 1. The van der Waals surface area contributed by atoms with E-state index in [9.17, 15) is 14.0 Å². The summed E-state index contributed by atoms with van der Waals surface area (Å²) in [5.41, 5.74) is 0.844. The topological polar surface area (TPSA) is 97.1 Å². The molecule has 1 fully saturated rings. The summed E-state index contributed by atoms with van der Waals surface area (Å²) < 4.78 is 14.1. The predicted octanol–water partition coefficient (Wildman–Crippen LogP) is 1.63. The zero-order valence-electron chi connectivity index (χ0n) is 11.5. The van der Waals surface area contributed by atoms with E-state index in [2.05, 4.69) is 15.6 Å². The molecule has 0 spiro atoms. The van der Waals surface area contributed by atoms with Gasteiger partial charge in [-0.05, 0) is 37.1 Å². The Balaban J connectivity index is 1.74. The number of nitrogens with zero attached hydrogens (tertiary/aromatic N) is 3. The summed E-state index contributed by atoms with van der Waals surface area (Å²) >= 11 is 0. The summed E-state index contributed by atoms with van der Waals surface area (Å²) in [7, 11) is 0. The first-order valence-electron chi connectivity index (χ1n) is 6.76. The van der Waals surface area contributed by atoms with Crippen LogP contribution in [0.25, 0.3) is 0 Å². The van der Waals surface area contributed by atoms with Crippen molar-refractivity contribution in [3.8, 4) is 0 Å². The van der Waals surface area contributed by atoms with Crippen LogP contribution < -0.4 is 5.32 Å². The highest BCUT2D eigenvalue weighted by atomic mass is 19.1. The number of nitrogens with one attached hydrogen (secondary N) is 1. The molecule has 0 radical (unpaired) electrons. The van der Waals surface area contributed by atoms with Crippen molar-refractivity contribution in [2.45, 2.75) is 25.3 Å². The predicted molar refractivity (Wildman–Crippen MR) is 74.0 cm³/mol. The number of halogens is 1. The standard InChI is InChI=1S/C14H13FN4O3/c15-9-3-5-10(6-4-9)16-11(20)7-19-13(8-1-2-8)12(14(21)22)17-18-19/h3-6,8H,1-2,7H2,(H,16,20)(H,21,22). The van der Waals surface area contributed by atoms with E-state index < -0.39 is 11.8 Å². The quantitative estimate of drug-likeness (QED) is 0.875. The lowest BCUT2D eigenvalue weighted by molar-refractivity contribution is -0.117. The van der Waals surface area contributed by atoms with E-state index in [0.29, 0.717) is 11.4 Å². The second kappa shape index (κ2) is 5.55. The molecular weight excluding hydrogens is 291 g/mol. The van der Waals surface area contributed by atoms with Crippen LogP contribution in [0, 0.1) is 5.82 Å². The first-order valence-corrected chi connectivity index (χ1v) is 6.76. The summed E-state index contributed by atoms with van der Waals surface area (Å²) in [6.45, 7) is -0.135. The van der Waals surface area contributed by atoms with Crippen LogP contribution in [-0.4, -0.2) is 32.0 Å². The first kappa shape index (κ1) is 14.2. The van der Waals surface area contributed by atoms with Gasteiger partial charge in [-0.2, -0.15) is 0 Å². The molecular formula is C14H13FN4O3. The number of carbonyl (C=O) groups excluding carboxylic acids is 1. The Hall–Kier alpha value is -2.77. The van der Waals surface area contributed by atoms with Crippen molar-refractivity contribution in [3.05, 3.63) is 41.5 Å².